The molecule has 0 radical (unpaired) electrons. The maximum Gasteiger partial charge on any atom is 0.242 e. The van der Waals surface area contributed by atoms with E-state index in [0.29, 0.717) is 24.6 Å². The molecule has 0 heterocycles. The molecular weight excluding hydrogens is 324 g/mol. The van der Waals surface area contributed by atoms with Crippen LogP contribution in [-0.4, -0.2) is 40.0 Å². The smallest absolute Gasteiger partial charge is 0.242 e. The molecule has 6 heteroatoms. The van der Waals surface area contributed by atoms with Gasteiger partial charge in [-0.25, -0.2) is 8.42 Å². The minimum absolute atomic E-state index is 0.306. The van der Waals surface area contributed by atoms with Crippen LogP contribution in [0.3, 0.4) is 0 Å². The van der Waals surface area contributed by atoms with Crippen LogP contribution in [0.2, 0.25) is 0 Å². The molecule has 0 unspecified atom stereocenters. The third-order valence-electron chi connectivity index (χ3n) is 3.72. The van der Waals surface area contributed by atoms with Crippen molar-refractivity contribution in [3.05, 3.63) is 65.7 Å². The number of likely N-dealkylation sites (N-methyl/N-ethyl adjacent to an activating group) is 1. The molecule has 24 heavy (non-hydrogen) atoms. The Hall–Kier alpha value is -1.73. The quantitative estimate of drug-likeness (QED) is 0.755. The number of hydrogen-bond donors (Lipinski definition) is 1. The van der Waals surface area contributed by atoms with Crippen molar-refractivity contribution in [3.63, 3.8) is 0 Å². The normalized spacial score (nSPS) is 11.8. The highest BCUT2D eigenvalue weighted by atomic mass is 32.2. The largest absolute Gasteiger partial charge is 0.383 e. The monoisotopic (exact) mass is 348 g/mol. The maximum absolute atomic E-state index is 12.5. The topological polar surface area (TPSA) is 58.6 Å². The molecule has 1 N–H and O–H groups in total. The molecule has 0 fully saturated rings. The molecule has 0 aromatic heterocycles. The molecule has 0 aliphatic heterocycles. The molecule has 0 saturated carbocycles. The summed E-state index contributed by atoms with van der Waals surface area (Å²) >= 11 is 0. The number of methoxy groups -OCH3 is 1. The van der Waals surface area contributed by atoms with Crippen LogP contribution < -0.4 is 5.32 Å². The molecule has 2 aromatic rings. The summed E-state index contributed by atoms with van der Waals surface area (Å²) in [6.07, 6.45) is 0. The summed E-state index contributed by atoms with van der Waals surface area (Å²) in [5, 5.41) is 3.33. The van der Waals surface area contributed by atoms with E-state index in [1.807, 2.05) is 24.3 Å². The summed E-state index contributed by atoms with van der Waals surface area (Å²) in [6.45, 7) is 2.05. The summed E-state index contributed by atoms with van der Waals surface area (Å²) in [7, 11) is -0.366. The predicted octanol–water partition coefficient (Wildman–Crippen LogP) is 2.24. The van der Waals surface area contributed by atoms with Crippen LogP contribution in [0.4, 0.5) is 0 Å². The van der Waals surface area contributed by atoms with Crippen molar-refractivity contribution in [1.82, 2.24) is 9.62 Å². The Morgan fingerprint density at radius 3 is 2.38 bits per heavy atom. The van der Waals surface area contributed by atoms with E-state index in [0.717, 1.165) is 12.1 Å². The lowest BCUT2D eigenvalue weighted by atomic mass is 10.2. The first-order valence-electron chi connectivity index (χ1n) is 7.83. The highest BCUT2D eigenvalue weighted by Gasteiger charge is 2.20. The lowest BCUT2D eigenvalue weighted by Gasteiger charge is -2.17. The van der Waals surface area contributed by atoms with Crippen LogP contribution in [0.15, 0.2) is 59.5 Å². The van der Waals surface area contributed by atoms with Crippen molar-refractivity contribution in [2.45, 2.75) is 18.0 Å². The van der Waals surface area contributed by atoms with Gasteiger partial charge < -0.3 is 10.1 Å². The van der Waals surface area contributed by atoms with Gasteiger partial charge >= 0.3 is 0 Å². The van der Waals surface area contributed by atoms with Crippen molar-refractivity contribution >= 4 is 10.0 Å². The van der Waals surface area contributed by atoms with Gasteiger partial charge in [-0.3, -0.25) is 0 Å². The Bertz CT molecular complexity index is 733. The van der Waals surface area contributed by atoms with E-state index in [2.05, 4.69) is 17.4 Å². The Balaban J connectivity index is 2.00. The predicted molar refractivity (Wildman–Crippen MR) is 95.1 cm³/mol. The average Bonchev–Trinajstić information content (AvgIpc) is 2.60. The SMILES string of the molecule is COCCN(C)S(=O)(=O)c1cccc(CNCc2ccccc2)c1. The van der Waals surface area contributed by atoms with Crippen molar-refractivity contribution in [2.24, 2.45) is 0 Å². The first-order valence-corrected chi connectivity index (χ1v) is 9.27. The van der Waals surface area contributed by atoms with Crippen molar-refractivity contribution in [3.8, 4) is 0 Å². The first kappa shape index (κ1) is 18.6. The molecule has 5 nitrogen and oxygen atoms in total. The number of sulfonamides is 1. The number of ether oxygens (including phenoxy) is 1. The van der Waals surface area contributed by atoms with Gasteiger partial charge in [0, 0.05) is 33.8 Å². The minimum atomic E-state index is -3.49. The lowest BCUT2D eigenvalue weighted by molar-refractivity contribution is 0.185. The molecule has 130 valence electrons. The summed E-state index contributed by atoms with van der Waals surface area (Å²) in [5.74, 6) is 0. The van der Waals surface area contributed by atoms with Crippen LogP contribution in [0.5, 0.6) is 0 Å². The van der Waals surface area contributed by atoms with E-state index in [1.54, 1.807) is 32.4 Å². The van der Waals surface area contributed by atoms with Crippen molar-refractivity contribution < 1.29 is 13.2 Å². The van der Waals surface area contributed by atoms with E-state index >= 15 is 0 Å². The number of hydrogen-bond acceptors (Lipinski definition) is 4. The van der Waals surface area contributed by atoms with E-state index in [1.165, 1.54) is 9.87 Å². The van der Waals surface area contributed by atoms with Gasteiger partial charge in [-0.2, -0.15) is 4.31 Å². The van der Waals surface area contributed by atoms with Crippen LogP contribution in [0.1, 0.15) is 11.1 Å². The molecule has 0 aliphatic carbocycles. The molecule has 0 aliphatic rings. The van der Waals surface area contributed by atoms with E-state index in [4.69, 9.17) is 4.74 Å². The van der Waals surface area contributed by atoms with Crippen LogP contribution >= 0.6 is 0 Å². The second kappa shape index (κ2) is 8.94. The Morgan fingerprint density at radius 2 is 1.67 bits per heavy atom. The standard InChI is InChI=1S/C18H24N2O3S/c1-20(11-12-23-2)24(21,22)18-10-6-9-17(13-18)15-19-14-16-7-4-3-5-8-16/h3-10,13,19H,11-12,14-15H2,1-2H3. The third kappa shape index (κ3) is 5.14. The molecule has 0 saturated heterocycles. The van der Waals surface area contributed by atoms with Crippen LogP contribution in [-0.2, 0) is 27.8 Å². The summed E-state index contributed by atoms with van der Waals surface area (Å²) in [4.78, 5) is 0.306. The zero-order valence-corrected chi connectivity index (χ0v) is 14.9. The molecule has 2 rings (SSSR count). The molecule has 0 atom stereocenters. The van der Waals surface area contributed by atoms with E-state index in [-0.39, 0.29) is 0 Å². The summed E-state index contributed by atoms with van der Waals surface area (Å²) in [5.41, 5.74) is 2.13. The van der Waals surface area contributed by atoms with Crippen LogP contribution in [0, 0.1) is 0 Å². The van der Waals surface area contributed by atoms with Gasteiger partial charge in [-0.15, -0.1) is 0 Å². The maximum atomic E-state index is 12.5. The zero-order valence-electron chi connectivity index (χ0n) is 14.1. The molecule has 0 bridgehead atoms. The third-order valence-corrected chi connectivity index (χ3v) is 5.57. The number of nitrogens with one attached hydrogen (secondary N) is 1. The summed E-state index contributed by atoms with van der Waals surface area (Å²) in [6, 6.07) is 17.1. The van der Waals surface area contributed by atoms with Gasteiger partial charge in [0.1, 0.15) is 0 Å². The van der Waals surface area contributed by atoms with Gasteiger partial charge in [0.15, 0.2) is 0 Å². The average molecular weight is 348 g/mol. The molecule has 0 spiro atoms. The van der Waals surface area contributed by atoms with Crippen molar-refractivity contribution in [2.75, 3.05) is 27.3 Å². The van der Waals surface area contributed by atoms with Gasteiger partial charge in [-0.1, -0.05) is 42.5 Å². The lowest BCUT2D eigenvalue weighted by Crippen LogP contribution is -2.30. The van der Waals surface area contributed by atoms with Crippen LogP contribution in [0.25, 0.3) is 0 Å². The fraction of sp³-hybridized carbons (Fsp3) is 0.333. The highest BCUT2D eigenvalue weighted by molar-refractivity contribution is 7.89. The Labute approximate surface area is 144 Å². The van der Waals surface area contributed by atoms with Gasteiger partial charge in [-0.05, 0) is 23.3 Å². The van der Waals surface area contributed by atoms with E-state index in [9.17, 15) is 8.42 Å². The highest BCUT2D eigenvalue weighted by Crippen LogP contribution is 2.16. The minimum Gasteiger partial charge on any atom is -0.383 e. The number of nitrogens with zero attached hydrogens (tertiary/aromatic N) is 1. The number of rotatable bonds is 9. The second-order valence-corrected chi connectivity index (χ2v) is 7.60. The van der Waals surface area contributed by atoms with Gasteiger partial charge in [0.2, 0.25) is 10.0 Å². The fourth-order valence-corrected chi connectivity index (χ4v) is 3.51. The van der Waals surface area contributed by atoms with E-state index < -0.39 is 10.0 Å². The molecule has 0 amide bonds. The zero-order chi connectivity index (χ0) is 17.4. The first-order chi connectivity index (χ1) is 11.5. The number of benzene rings is 2. The second-order valence-electron chi connectivity index (χ2n) is 5.56. The molecular formula is C18H24N2O3S. The van der Waals surface area contributed by atoms with Gasteiger partial charge in [0.25, 0.3) is 0 Å². The summed E-state index contributed by atoms with van der Waals surface area (Å²) < 4.78 is 31.3. The Morgan fingerprint density at radius 1 is 1.00 bits per heavy atom. The van der Waals surface area contributed by atoms with Gasteiger partial charge in [0.05, 0.1) is 11.5 Å². The van der Waals surface area contributed by atoms with Crippen molar-refractivity contribution in [1.29, 1.82) is 0 Å². The Kier molecular flexibility index (Phi) is 6.93. The fourth-order valence-electron chi connectivity index (χ4n) is 2.28. The molecule has 2 aromatic carbocycles.